The summed E-state index contributed by atoms with van der Waals surface area (Å²) in [6, 6.07) is -0.745. The highest BCUT2D eigenvalue weighted by molar-refractivity contribution is 5.73. The van der Waals surface area contributed by atoms with Crippen molar-refractivity contribution in [3.8, 4) is 0 Å². The zero-order chi connectivity index (χ0) is 10.7. The summed E-state index contributed by atoms with van der Waals surface area (Å²) < 4.78 is 4.92. The third-order valence-corrected chi connectivity index (χ3v) is 2.05. The summed E-state index contributed by atoms with van der Waals surface area (Å²) in [4.78, 5) is 10.7. The fourth-order valence-electron chi connectivity index (χ4n) is 1.28. The highest BCUT2D eigenvalue weighted by atomic mass is 16.5. The Morgan fingerprint density at radius 1 is 1.50 bits per heavy atom. The van der Waals surface area contributed by atoms with Crippen LogP contribution in [-0.4, -0.2) is 52.2 Å². The van der Waals surface area contributed by atoms with Gasteiger partial charge in [0.25, 0.3) is 0 Å². The minimum absolute atomic E-state index is 0.330. The quantitative estimate of drug-likeness (QED) is 0.408. The molecular formula is C8H14NO5. The molecule has 0 aromatic carbocycles. The van der Waals surface area contributed by atoms with Crippen LogP contribution in [0, 0.1) is 6.61 Å². The third-order valence-electron chi connectivity index (χ3n) is 2.05. The summed E-state index contributed by atoms with van der Waals surface area (Å²) in [5, 5.41) is 30.1. The maximum atomic E-state index is 10.7. The van der Waals surface area contributed by atoms with Crippen LogP contribution in [-0.2, 0) is 9.53 Å². The van der Waals surface area contributed by atoms with Crippen LogP contribution in [0.15, 0.2) is 0 Å². The molecule has 4 N–H and O–H groups in total. The molecule has 81 valence electrons. The van der Waals surface area contributed by atoms with Gasteiger partial charge in [0.15, 0.2) is 0 Å². The van der Waals surface area contributed by atoms with Gasteiger partial charge >= 0.3 is 0 Å². The molecule has 1 aliphatic rings. The van der Waals surface area contributed by atoms with Crippen molar-refractivity contribution in [1.82, 2.24) is 5.32 Å². The Hall–Kier alpha value is -0.690. The monoisotopic (exact) mass is 204 g/mol. The maximum absolute atomic E-state index is 10.7. The molecule has 4 atom stereocenters. The lowest BCUT2D eigenvalue weighted by Crippen LogP contribution is -2.57. The van der Waals surface area contributed by atoms with Gasteiger partial charge in [0.2, 0.25) is 5.91 Å². The van der Waals surface area contributed by atoms with E-state index in [0.717, 1.165) is 0 Å². The second kappa shape index (κ2) is 4.70. The van der Waals surface area contributed by atoms with Gasteiger partial charge in [-0.2, -0.15) is 0 Å². The predicted molar refractivity (Wildman–Crippen MR) is 45.9 cm³/mol. The van der Waals surface area contributed by atoms with Gasteiger partial charge in [-0.25, -0.2) is 0 Å². The van der Waals surface area contributed by atoms with Gasteiger partial charge in [-0.3, -0.25) is 4.79 Å². The molecule has 0 aliphatic carbocycles. The highest BCUT2D eigenvalue weighted by Crippen LogP contribution is 2.17. The van der Waals surface area contributed by atoms with Crippen LogP contribution in [0.5, 0.6) is 0 Å². The second-order valence-electron chi connectivity index (χ2n) is 3.20. The summed E-state index contributed by atoms with van der Waals surface area (Å²) in [7, 11) is 0. The average Bonchev–Trinajstić information content (AvgIpc) is 2.13. The van der Waals surface area contributed by atoms with E-state index in [4.69, 9.17) is 9.84 Å². The Morgan fingerprint density at radius 3 is 2.64 bits per heavy atom. The van der Waals surface area contributed by atoms with Gasteiger partial charge in [-0.05, 0) is 0 Å². The van der Waals surface area contributed by atoms with Crippen LogP contribution < -0.4 is 5.32 Å². The fraction of sp³-hybridized carbons (Fsp3) is 0.750. The lowest BCUT2D eigenvalue weighted by atomic mass is 9.98. The van der Waals surface area contributed by atoms with Gasteiger partial charge in [0, 0.05) is 6.92 Å². The number of nitrogens with one attached hydrogen (secondary N) is 1. The van der Waals surface area contributed by atoms with Crippen molar-refractivity contribution in [2.75, 3.05) is 6.61 Å². The Bertz CT molecular complexity index is 210. The van der Waals surface area contributed by atoms with Crippen LogP contribution in [0.1, 0.15) is 6.92 Å². The molecule has 0 bridgehead atoms. The Labute approximate surface area is 81.5 Å². The van der Waals surface area contributed by atoms with Crippen molar-refractivity contribution in [2.45, 2.75) is 31.3 Å². The number of carbonyl (C=O) groups is 1. The normalized spacial score (nSPS) is 38.0. The molecule has 0 spiro atoms. The number of amides is 1. The number of carbonyl (C=O) groups excluding carboxylic acids is 1. The van der Waals surface area contributed by atoms with Crippen LogP contribution in [0.3, 0.4) is 0 Å². The number of ether oxygens (including phenoxy) is 1. The molecular weight excluding hydrogens is 190 g/mol. The molecule has 1 amide bonds. The first-order valence-electron chi connectivity index (χ1n) is 4.29. The van der Waals surface area contributed by atoms with E-state index in [2.05, 4.69) is 5.32 Å². The minimum Gasteiger partial charge on any atom is -0.394 e. The molecule has 1 heterocycles. The Balaban J connectivity index is 2.54. The predicted octanol–water partition coefficient (Wildman–Crippen LogP) is -2.23. The molecule has 0 unspecified atom stereocenters. The average molecular weight is 204 g/mol. The SMILES string of the molecule is CC(=O)N[C@H]1[CH]O[C@H](CO)[C@@H](O)[C@@H]1O. The molecule has 0 aromatic heterocycles. The molecule has 6 nitrogen and oxygen atoms in total. The summed E-state index contributed by atoms with van der Waals surface area (Å²) in [6.07, 6.45) is -3.21. The molecule has 1 aliphatic heterocycles. The van der Waals surface area contributed by atoms with Gasteiger partial charge in [-0.1, -0.05) is 0 Å². The van der Waals surface area contributed by atoms with Crippen molar-refractivity contribution in [2.24, 2.45) is 0 Å². The van der Waals surface area contributed by atoms with E-state index >= 15 is 0 Å². The lowest BCUT2D eigenvalue weighted by molar-refractivity contribution is -0.144. The molecule has 0 aromatic rings. The first-order valence-corrected chi connectivity index (χ1v) is 4.29. The number of aliphatic hydroxyl groups excluding tert-OH is 3. The van der Waals surface area contributed by atoms with E-state index in [1.807, 2.05) is 0 Å². The third kappa shape index (κ3) is 2.42. The molecule has 1 radical (unpaired) electrons. The van der Waals surface area contributed by atoms with Gasteiger partial charge in [0.05, 0.1) is 12.6 Å². The minimum atomic E-state index is -1.21. The van der Waals surface area contributed by atoms with Crippen molar-refractivity contribution < 1.29 is 24.9 Å². The second-order valence-corrected chi connectivity index (χ2v) is 3.20. The standard InChI is InChI=1S/C8H14NO5/c1-4(11)9-5-3-14-6(2-10)8(13)7(5)12/h3,5-8,10,12-13H,2H2,1H3,(H,9,11)/t5-,6+,7+,8+/m0/s1. The van der Waals surface area contributed by atoms with Crippen molar-refractivity contribution in [3.05, 3.63) is 6.61 Å². The first-order chi connectivity index (χ1) is 6.56. The molecule has 1 rings (SSSR count). The zero-order valence-electron chi connectivity index (χ0n) is 7.75. The van der Waals surface area contributed by atoms with Gasteiger partial charge in [0.1, 0.15) is 24.9 Å². The summed E-state index contributed by atoms with van der Waals surface area (Å²) in [5.41, 5.74) is 0. The molecule has 0 saturated carbocycles. The van der Waals surface area contributed by atoms with Crippen molar-refractivity contribution >= 4 is 5.91 Å². The smallest absolute Gasteiger partial charge is 0.217 e. The molecule has 1 fully saturated rings. The van der Waals surface area contributed by atoms with E-state index in [9.17, 15) is 15.0 Å². The van der Waals surface area contributed by atoms with Crippen LogP contribution in [0.4, 0.5) is 0 Å². The van der Waals surface area contributed by atoms with Gasteiger partial charge < -0.3 is 25.4 Å². The largest absolute Gasteiger partial charge is 0.394 e. The lowest BCUT2D eigenvalue weighted by Gasteiger charge is -2.36. The van der Waals surface area contributed by atoms with Crippen LogP contribution >= 0.6 is 0 Å². The van der Waals surface area contributed by atoms with Crippen LogP contribution in [0.25, 0.3) is 0 Å². The highest BCUT2D eigenvalue weighted by Gasteiger charge is 2.38. The van der Waals surface area contributed by atoms with Gasteiger partial charge in [-0.15, -0.1) is 0 Å². The van der Waals surface area contributed by atoms with E-state index in [0.29, 0.717) is 0 Å². The van der Waals surface area contributed by atoms with E-state index in [1.165, 1.54) is 13.5 Å². The number of rotatable bonds is 2. The first kappa shape index (κ1) is 11.4. The van der Waals surface area contributed by atoms with Crippen molar-refractivity contribution in [1.29, 1.82) is 0 Å². The summed E-state index contributed by atoms with van der Waals surface area (Å²) in [5.74, 6) is -0.330. The number of hydrogen-bond donors (Lipinski definition) is 4. The fourth-order valence-corrected chi connectivity index (χ4v) is 1.28. The number of hydrogen-bond acceptors (Lipinski definition) is 5. The summed E-state index contributed by atoms with van der Waals surface area (Å²) in [6.45, 7) is 2.12. The molecule has 6 heteroatoms. The van der Waals surface area contributed by atoms with E-state index in [-0.39, 0.29) is 12.5 Å². The number of aliphatic hydroxyl groups is 3. The Kier molecular flexibility index (Phi) is 3.82. The van der Waals surface area contributed by atoms with E-state index in [1.54, 1.807) is 0 Å². The summed E-state index contributed by atoms with van der Waals surface area (Å²) >= 11 is 0. The molecule has 1 saturated heterocycles. The topological polar surface area (TPSA) is 99.0 Å². The zero-order valence-corrected chi connectivity index (χ0v) is 7.75. The maximum Gasteiger partial charge on any atom is 0.217 e. The van der Waals surface area contributed by atoms with Crippen LogP contribution in [0.2, 0.25) is 0 Å². The van der Waals surface area contributed by atoms with E-state index < -0.39 is 24.4 Å². The molecule has 14 heavy (non-hydrogen) atoms. The van der Waals surface area contributed by atoms with Crippen molar-refractivity contribution in [3.63, 3.8) is 0 Å². The Morgan fingerprint density at radius 2 is 2.14 bits per heavy atom.